The van der Waals surface area contributed by atoms with Crippen molar-refractivity contribution in [2.75, 3.05) is 25.1 Å². The molecule has 238 valence electrons. The Bertz CT molecular complexity index is 1650. The van der Waals surface area contributed by atoms with E-state index in [9.17, 15) is 27.9 Å². The highest BCUT2D eigenvalue weighted by Gasteiger charge is 2.42. The first-order valence-electron chi connectivity index (χ1n) is 14.9. The lowest BCUT2D eigenvalue weighted by molar-refractivity contribution is -0.145. The van der Waals surface area contributed by atoms with Gasteiger partial charge in [0.15, 0.2) is 0 Å². The molecule has 8 nitrogen and oxygen atoms in total. The van der Waals surface area contributed by atoms with E-state index in [1.165, 1.54) is 18.1 Å². The number of carboxylic acids is 1. The van der Waals surface area contributed by atoms with Gasteiger partial charge in [-0.25, -0.2) is 14.2 Å². The average molecular weight is 628 g/mol. The number of methoxy groups -OCH3 is 1. The van der Waals surface area contributed by atoms with Crippen molar-refractivity contribution in [2.45, 2.75) is 63.9 Å². The van der Waals surface area contributed by atoms with Crippen molar-refractivity contribution in [3.63, 3.8) is 0 Å². The van der Waals surface area contributed by atoms with Crippen LogP contribution in [0.4, 0.5) is 28.2 Å². The SMILES string of the molecule is COc1cc(F)c([C@H]2C[C@H](C(=O)O)C2)cc1-c1ccc(N2CCC2)nc1CN1C(=O)O[C@H](c2cc(C)cc(C(F)(F)F)c2)[C@@H]1C. The Hall–Kier alpha value is -4.35. The lowest BCUT2D eigenvalue weighted by Crippen LogP contribution is -2.38. The predicted molar refractivity (Wildman–Crippen MR) is 157 cm³/mol. The van der Waals surface area contributed by atoms with Crippen LogP contribution in [-0.2, 0) is 22.3 Å². The van der Waals surface area contributed by atoms with Crippen LogP contribution in [-0.4, -0.2) is 53.3 Å². The Labute approximate surface area is 257 Å². The number of nitrogens with zero attached hydrogens (tertiary/aromatic N) is 3. The minimum absolute atomic E-state index is 0.0220. The molecule has 0 spiro atoms. The van der Waals surface area contributed by atoms with Crippen molar-refractivity contribution in [2.24, 2.45) is 5.92 Å². The van der Waals surface area contributed by atoms with Crippen molar-refractivity contribution in [1.82, 2.24) is 9.88 Å². The smallest absolute Gasteiger partial charge is 0.416 e. The summed E-state index contributed by atoms with van der Waals surface area (Å²) in [6.07, 6.45) is -4.52. The van der Waals surface area contributed by atoms with Gasteiger partial charge in [-0.3, -0.25) is 9.69 Å². The van der Waals surface area contributed by atoms with Gasteiger partial charge in [-0.1, -0.05) is 11.6 Å². The molecule has 2 atom stereocenters. The van der Waals surface area contributed by atoms with Gasteiger partial charge in [-0.2, -0.15) is 13.2 Å². The fraction of sp³-hybridized carbons (Fsp3) is 0.424. The summed E-state index contributed by atoms with van der Waals surface area (Å²) in [6.45, 7) is 4.90. The summed E-state index contributed by atoms with van der Waals surface area (Å²) in [7, 11) is 1.42. The number of halogens is 4. The monoisotopic (exact) mass is 627 g/mol. The summed E-state index contributed by atoms with van der Waals surface area (Å²) in [5.74, 6) is -1.23. The average Bonchev–Trinajstić information content (AvgIpc) is 3.19. The zero-order chi connectivity index (χ0) is 32.2. The largest absolute Gasteiger partial charge is 0.496 e. The Kier molecular flexibility index (Phi) is 7.86. The van der Waals surface area contributed by atoms with Gasteiger partial charge < -0.3 is 19.5 Å². The number of benzene rings is 2. The van der Waals surface area contributed by atoms with Gasteiger partial charge in [0.05, 0.1) is 36.9 Å². The second-order valence-electron chi connectivity index (χ2n) is 12.1. The zero-order valence-electron chi connectivity index (χ0n) is 25.0. The van der Waals surface area contributed by atoms with Gasteiger partial charge in [0.1, 0.15) is 23.5 Å². The molecule has 45 heavy (non-hydrogen) atoms. The summed E-state index contributed by atoms with van der Waals surface area (Å²) in [5.41, 5.74) is 1.82. The van der Waals surface area contributed by atoms with Crippen molar-refractivity contribution in [3.8, 4) is 16.9 Å². The molecule has 12 heteroatoms. The van der Waals surface area contributed by atoms with Crippen LogP contribution in [0, 0.1) is 18.7 Å². The van der Waals surface area contributed by atoms with Gasteiger partial charge in [0.25, 0.3) is 0 Å². The highest BCUT2D eigenvalue weighted by atomic mass is 19.4. The van der Waals surface area contributed by atoms with Crippen LogP contribution in [0.1, 0.15) is 66.2 Å². The molecule has 1 amide bonds. The Morgan fingerprint density at radius 3 is 2.47 bits per heavy atom. The van der Waals surface area contributed by atoms with Crippen molar-refractivity contribution in [1.29, 1.82) is 0 Å². The number of hydrogen-bond donors (Lipinski definition) is 1. The molecule has 1 saturated carbocycles. The fourth-order valence-corrected chi connectivity index (χ4v) is 6.38. The van der Waals surface area contributed by atoms with E-state index in [-0.39, 0.29) is 23.8 Å². The van der Waals surface area contributed by atoms with Crippen molar-refractivity contribution >= 4 is 17.9 Å². The molecule has 3 fully saturated rings. The first-order chi connectivity index (χ1) is 21.3. The first kappa shape index (κ1) is 30.7. The Morgan fingerprint density at radius 1 is 1.11 bits per heavy atom. The van der Waals surface area contributed by atoms with E-state index < -0.39 is 47.7 Å². The van der Waals surface area contributed by atoms with E-state index in [0.29, 0.717) is 46.6 Å². The van der Waals surface area contributed by atoms with E-state index in [1.807, 2.05) is 12.1 Å². The molecule has 2 saturated heterocycles. The maximum Gasteiger partial charge on any atom is 0.416 e. The van der Waals surface area contributed by atoms with Crippen LogP contribution in [0.2, 0.25) is 0 Å². The van der Waals surface area contributed by atoms with E-state index in [0.717, 1.165) is 31.6 Å². The van der Waals surface area contributed by atoms with Crippen LogP contribution in [0.3, 0.4) is 0 Å². The molecule has 2 aliphatic heterocycles. The number of hydrogen-bond acceptors (Lipinski definition) is 6. The number of pyridine rings is 1. The lowest BCUT2D eigenvalue weighted by atomic mass is 9.71. The molecular weight excluding hydrogens is 594 g/mol. The molecule has 0 radical (unpaired) electrons. The number of alkyl halides is 3. The first-order valence-corrected chi connectivity index (χ1v) is 14.9. The third-order valence-electron chi connectivity index (χ3n) is 9.14. The maximum atomic E-state index is 15.2. The number of anilines is 1. The summed E-state index contributed by atoms with van der Waals surface area (Å²) in [6, 6.07) is 9.67. The van der Waals surface area contributed by atoms with Crippen LogP contribution in [0.5, 0.6) is 5.75 Å². The van der Waals surface area contributed by atoms with Gasteiger partial charge in [-0.05, 0) is 80.5 Å². The number of aromatic nitrogens is 1. The van der Waals surface area contributed by atoms with Crippen LogP contribution >= 0.6 is 0 Å². The minimum Gasteiger partial charge on any atom is -0.496 e. The number of amides is 1. The third-order valence-corrected chi connectivity index (χ3v) is 9.14. The lowest BCUT2D eigenvalue weighted by Gasteiger charge is -2.34. The molecule has 2 aromatic carbocycles. The molecule has 0 bridgehead atoms. The van der Waals surface area contributed by atoms with E-state index in [1.54, 1.807) is 26.0 Å². The standard InChI is InChI=1S/C33H33F4N3O5/c1-17-9-20(13-22(10-17)33(35,36)37)30-18(2)40(32(43)45-30)16-27-23(5-6-29(38-27)39-7-4-8-39)25-14-24(26(34)15-28(25)44-3)19-11-21(12-19)31(41)42/h5-6,9-10,13-15,18-19,21,30H,4,7-8,11-12,16H2,1-3H3,(H,41,42)/t18-,19-,21-,30-/m0/s1. The molecule has 1 N–H and O–H groups in total. The van der Waals surface area contributed by atoms with Gasteiger partial charge in [0.2, 0.25) is 0 Å². The quantitative estimate of drug-likeness (QED) is 0.267. The highest BCUT2D eigenvalue weighted by Crippen LogP contribution is 2.46. The van der Waals surface area contributed by atoms with E-state index in [2.05, 4.69) is 4.90 Å². The number of aliphatic carboxylic acids is 1. The summed E-state index contributed by atoms with van der Waals surface area (Å²) in [5, 5.41) is 9.33. The molecule has 3 heterocycles. The topological polar surface area (TPSA) is 92.2 Å². The molecule has 1 aromatic heterocycles. The second kappa shape index (κ2) is 11.5. The van der Waals surface area contributed by atoms with Crippen molar-refractivity contribution < 1.29 is 41.7 Å². The number of rotatable bonds is 8. The number of carbonyl (C=O) groups is 2. The molecule has 1 aliphatic carbocycles. The molecule has 6 rings (SSSR count). The normalized spacial score (nSPS) is 23.0. The Morgan fingerprint density at radius 2 is 1.84 bits per heavy atom. The molecule has 3 aliphatic rings. The van der Waals surface area contributed by atoms with E-state index >= 15 is 4.39 Å². The Balaban J connectivity index is 1.36. The van der Waals surface area contributed by atoms with Crippen LogP contribution < -0.4 is 9.64 Å². The number of cyclic esters (lactones) is 1. The fourth-order valence-electron chi connectivity index (χ4n) is 6.38. The number of carbonyl (C=O) groups excluding carboxylic acids is 1. The zero-order valence-corrected chi connectivity index (χ0v) is 25.0. The second-order valence-corrected chi connectivity index (χ2v) is 12.1. The molecule has 3 aromatic rings. The molecule has 0 unspecified atom stereocenters. The summed E-state index contributed by atoms with van der Waals surface area (Å²) < 4.78 is 67.1. The summed E-state index contributed by atoms with van der Waals surface area (Å²) in [4.78, 5) is 33.0. The number of aryl methyl sites for hydroxylation is 1. The summed E-state index contributed by atoms with van der Waals surface area (Å²) >= 11 is 0. The number of ether oxygens (including phenoxy) is 2. The predicted octanol–water partition coefficient (Wildman–Crippen LogP) is 7.09. The van der Waals surface area contributed by atoms with Gasteiger partial charge in [-0.15, -0.1) is 0 Å². The van der Waals surface area contributed by atoms with Gasteiger partial charge in [0, 0.05) is 30.3 Å². The van der Waals surface area contributed by atoms with Crippen molar-refractivity contribution in [3.05, 3.63) is 76.2 Å². The minimum atomic E-state index is -4.55. The van der Waals surface area contributed by atoms with Crippen LogP contribution in [0.25, 0.3) is 11.1 Å². The maximum absolute atomic E-state index is 15.2. The highest BCUT2D eigenvalue weighted by molar-refractivity contribution is 5.77. The van der Waals surface area contributed by atoms with E-state index in [4.69, 9.17) is 14.5 Å². The number of carboxylic acid groups (broad SMARTS) is 1. The van der Waals surface area contributed by atoms with Crippen LogP contribution in [0.15, 0.2) is 42.5 Å². The third kappa shape index (κ3) is 5.78. The van der Waals surface area contributed by atoms with Gasteiger partial charge >= 0.3 is 18.2 Å². The molecular formula is C33H33F4N3O5.